The van der Waals surface area contributed by atoms with Crippen molar-refractivity contribution in [3.63, 3.8) is 0 Å². The summed E-state index contributed by atoms with van der Waals surface area (Å²) in [6.45, 7) is 10.2. The quantitative estimate of drug-likeness (QED) is 0.0302. The van der Waals surface area contributed by atoms with E-state index >= 15 is 0 Å². The molecular formula is C41H76O8PS2-. The summed E-state index contributed by atoms with van der Waals surface area (Å²) in [5, 5.41) is 0. The van der Waals surface area contributed by atoms with E-state index in [0.29, 0.717) is 6.42 Å². The van der Waals surface area contributed by atoms with Gasteiger partial charge in [0.2, 0.25) is 0 Å². The number of unbranched alkanes of at least 4 members (excludes halogenated alkanes) is 15. The van der Waals surface area contributed by atoms with Crippen molar-refractivity contribution in [3.8, 4) is 23.7 Å². The molecule has 0 aromatic rings. The highest BCUT2D eigenvalue weighted by Crippen LogP contribution is 2.38. The molecule has 0 amide bonds. The second kappa shape index (κ2) is 46.0. The molecule has 0 radical (unpaired) electrons. The van der Waals surface area contributed by atoms with Gasteiger partial charge in [-0.1, -0.05) is 105 Å². The van der Waals surface area contributed by atoms with Gasteiger partial charge in [-0.15, -0.1) is 23.7 Å². The number of hydrogen-bond donors (Lipinski definition) is 0. The maximum absolute atomic E-state index is 11.3. The van der Waals surface area contributed by atoms with Crippen LogP contribution in [0.15, 0.2) is 0 Å². The molecule has 0 heterocycles. The van der Waals surface area contributed by atoms with E-state index in [0.717, 1.165) is 25.7 Å². The third kappa shape index (κ3) is 51.0. The molecule has 0 rings (SSSR count). The SMILES string of the molecule is CCC#CCCCCCCCCCCSCC.CCC#CCCCCCCCCCSC.CCCOP(=O)([O-])OCC(COC(C)=O)OC(=O)CC. The summed E-state index contributed by atoms with van der Waals surface area (Å²) in [5.41, 5.74) is 0. The van der Waals surface area contributed by atoms with Gasteiger partial charge >= 0.3 is 11.9 Å². The Hall–Kier alpha value is -1.13. The fraction of sp³-hybridized carbons (Fsp3) is 0.854. The summed E-state index contributed by atoms with van der Waals surface area (Å²) in [5.74, 6) is 15.5. The smallest absolute Gasteiger partial charge is 0.305 e. The van der Waals surface area contributed by atoms with Crippen LogP contribution in [0.4, 0.5) is 0 Å². The van der Waals surface area contributed by atoms with Crippen LogP contribution in [0, 0.1) is 23.7 Å². The second-order valence-corrected chi connectivity index (χ2v) is 16.0. The molecule has 0 aliphatic heterocycles. The lowest BCUT2D eigenvalue weighted by molar-refractivity contribution is -0.228. The average Bonchev–Trinajstić information content (AvgIpc) is 3.13. The minimum Gasteiger partial charge on any atom is -0.756 e. The molecule has 0 aliphatic carbocycles. The third-order valence-electron chi connectivity index (χ3n) is 7.23. The van der Waals surface area contributed by atoms with Gasteiger partial charge in [-0.05, 0) is 55.6 Å². The maximum atomic E-state index is 11.3. The van der Waals surface area contributed by atoms with E-state index < -0.39 is 32.5 Å². The zero-order valence-electron chi connectivity index (χ0n) is 34.2. The number of phosphoric acid groups is 1. The van der Waals surface area contributed by atoms with Crippen LogP contribution in [0.1, 0.15) is 176 Å². The summed E-state index contributed by atoms with van der Waals surface area (Å²) in [4.78, 5) is 33.2. The van der Waals surface area contributed by atoms with Gasteiger partial charge in [-0.3, -0.25) is 14.2 Å². The number of thioether (sulfide) groups is 2. The van der Waals surface area contributed by atoms with Crippen molar-refractivity contribution in [1.82, 2.24) is 0 Å². The zero-order valence-corrected chi connectivity index (χ0v) is 36.7. The van der Waals surface area contributed by atoms with Crippen molar-refractivity contribution in [2.24, 2.45) is 0 Å². The van der Waals surface area contributed by atoms with Crippen molar-refractivity contribution in [2.75, 3.05) is 43.3 Å². The highest BCUT2D eigenvalue weighted by molar-refractivity contribution is 7.99. The molecule has 11 heteroatoms. The molecule has 0 bridgehead atoms. The molecule has 306 valence electrons. The van der Waals surface area contributed by atoms with Crippen LogP contribution in [-0.2, 0) is 32.7 Å². The molecule has 52 heavy (non-hydrogen) atoms. The van der Waals surface area contributed by atoms with Crippen LogP contribution in [0.5, 0.6) is 0 Å². The predicted octanol–water partition coefficient (Wildman–Crippen LogP) is 11.3. The summed E-state index contributed by atoms with van der Waals surface area (Å²) in [6, 6.07) is 0. The van der Waals surface area contributed by atoms with Crippen LogP contribution in [0.2, 0.25) is 0 Å². The Morgan fingerprint density at radius 3 is 1.58 bits per heavy atom. The van der Waals surface area contributed by atoms with Crippen molar-refractivity contribution in [1.29, 1.82) is 0 Å². The maximum Gasteiger partial charge on any atom is 0.305 e. The minimum absolute atomic E-state index is 0.00411. The molecule has 0 saturated heterocycles. The number of phosphoric ester groups is 1. The molecular weight excluding hydrogens is 716 g/mol. The second-order valence-electron chi connectivity index (χ2n) is 12.3. The number of hydrogen-bond acceptors (Lipinski definition) is 10. The highest BCUT2D eigenvalue weighted by Gasteiger charge is 2.19. The monoisotopic (exact) mass is 791 g/mol. The molecule has 2 unspecified atom stereocenters. The summed E-state index contributed by atoms with van der Waals surface area (Å²) < 4.78 is 30.0. The Morgan fingerprint density at radius 1 is 0.673 bits per heavy atom. The van der Waals surface area contributed by atoms with Gasteiger partial charge in [0, 0.05) is 39.0 Å². The molecule has 0 fully saturated rings. The fourth-order valence-electron chi connectivity index (χ4n) is 4.40. The predicted molar refractivity (Wildman–Crippen MR) is 223 cm³/mol. The van der Waals surface area contributed by atoms with Crippen LogP contribution in [0.3, 0.4) is 0 Å². The first-order valence-electron chi connectivity index (χ1n) is 20.0. The lowest BCUT2D eigenvalue weighted by Crippen LogP contribution is -2.29. The Bertz CT molecular complexity index is 958. The molecule has 0 saturated carbocycles. The van der Waals surface area contributed by atoms with Crippen LogP contribution in [0.25, 0.3) is 0 Å². The number of esters is 2. The van der Waals surface area contributed by atoms with Gasteiger partial charge in [0.25, 0.3) is 7.82 Å². The molecule has 0 spiro atoms. The highest BCUT2D eigenvalue weighted by atomic mass is 32.2. The van der Waals surface area contributed by atoms with Crippen LogP contribution in [-0.4, -0.2) is 61.4 Å². The third-order valence-corrected chi connectivity index (χ3v) is 9.88. The van der Waals surface area contributed by atoms with E-state index in [2.05, 4.69) is 76.3 Å². The zero-order chi connectivity index (χ0) is 39.4. The standard InChI is InChI=1S/C16H30S.C14H26S.C11H21O8P/c1-3-5-6-7-8-9-10-11-12-13-14-15-16-17-4-2;1-3-4-5-6-7-8-9-10-11-12-13-14-15-2;1-4-6-17-20(14,15)18-8-10(7-16-9(3)12)19-11(13)5-2/h3-4,7-16H2,1-2H3;3,6-14H2,1-2H3;10H,4-8H2,1-3H3,(H,14,15)/p-1. The molecule has 0 N–H and O–H groups in total. The molecule has 0 aromatic carbocycles. The Morgan fingerprint density at radius 2 is 1.15 bits per heavy atom. The largest absolute Gasteiger partial charge is 0.756 e. The van der Waals surface area contributed by atoms with E-state index in [1.807, 2.05) is 11.8 Å². The first kappa shape index (κ1) is 55.2. The van der Waals surface area contributed by atoms with Crippen molar-refractivity contribution < 1.29 is 37.6 Å². The Kier molecular flexibility index (Phi) is 48.9. The number of rotatable bonds is 30. The van der Waals surface area contributed by atoms with E-state index in [4.69, 9.17) is 4.74 Å². The van der Waals surface area contributed by atoms with Gasteiger partial charge in [0.1, 0.15) is 6.61 Å². The fourth-order valence-corrected chi connectivity index (χ4v) is 6.42. The first-order valence-corrected chi connectivity index (χ1v) is 24.1. The van der Waals surface area contributed by atoms with Gasteiger partial charge in [-0.25, -0.2) is 0 Å². The Balaban J connectivity index is -0.000000700. The van der Waals surface area contributed by atoms with Crippen molar-refractivity contribution in [2.45, 2.75) is 182 Å². The average molecular weight is 792 g/mol. The minimum atomic E-state index is -4.44. The molecule has 8 nitrogen and oxygen atoms in total. The van der Waals surface area contributed by atoms with Crippen LogP contribution >= 0.6 is 31.3 Å². The number of ether oxygens (including phenoxy) is 2. The van der Waals surface area contributed by atoms with Gasteiger partial charge in [-0.2, -0.15) is 23.5 Å². The lowest BCUT2D eigenvalue weighted by Gasteiger charge is -2.25. The van der Waals surface area contributed by atoms with Gasteiger partial charge in [0.05, 0.1) is 13.2 Å². The molecule has 2 atom stereocenters. The van der Waals surface area contributed by atoms with E-state index in [-0.39, 0.29) is 19.6 Å². The van der Waals surface area contributed by atoms with E-state index in [1.54, 1.807) is 13.8 Å². The van der Waals surface area contributed by atoms with E-state index in [9.17, 15) is 19.0 Å². The van der Waals surface area contributed by atoms with Crippen molar-refractivity contribution in [3.05, 3.63) is 0 Å². The summed E-state index contributed by atoms with van der Waals surface area (Å²) in [7, 11) is -4.44. The summed E-state index contributed by atoms with van der Waals surface area (Å²) in [6.07, 6.45) is 27.1. The topological polar surface area (TPSA) is 111 Å². The van der Waals surface area contributed by atoms with Gasteiger partial charge < -0.3 is 23.4 Å². The molecule has 0 aromatic heterocycles. The lowest BCUT2D eigenvalue weighted by atomic mass is 10.1. The van der Waals surface area contributed by atoms with Crippen LogP contribution < -0.4 is 4.89 Å². The van der Waals surface area contributed by atoms with Gasteiger partial charge in [0.15, 0.2) is 6.10 Å². The number of carbonyl (C=O) groups excluding carboxylic acids is 2. The Labute approximate surface area is 329 Å². The first-order chi connectivity index (χ1) is 25.1. The van der Waals surface area contributed by atoms with E-state index in [1.165, 1.54) is 120 Å². The number of carbonyl (C=O) groups is 2. The molecule has 0 aliphatic rings. The van der Waals surface area contributed by atoms with Crippen molar-refractivity contribution >= 4 is 43.3 Å². The summed E-state index contributed by atoms with van der Waals surface area (Å²) >= 11 is 4.04. The normalized spacial score (nSPS) is 11.9.